The van der Waals surface area contributed by atoms with Crippen molar-refractivity contribution in [2.75, 3.05) is 32.7 Å². The second kappa shape index (κ2) is 7.19. The summed E-state index contributed by atoms with van der Waals surface area (Å²) in [6, 6.07) is 0. The van der Waals surface area contributed by atoms with Gasteiger partial charge in [-0.25, -0.2) is 0 Å². The van der Waals surface area contributed by atoms with Gasteiger partial charge >= 0.3 is 0 Å². The van der Waals surface area contributed by atoms with E-state index in [2.05, 4.69) is 35.0 Å². The SMILES string of the molecule is C=C/C(=C\N=C)C1(C)CCCN1CCN1CCCCC1. The summed E-state index contributed by atoms with van der Waals surface area (Å²) in [5.41, 5.74) is 1.31. The molecular weight excluding hydrogens is 246 g/mol. The van der Waals surface area contributed by atoms with Crippen LogP contribution in [0.15, 0.2) is 29.4 Å². The maximum Gasteiger partial charge on any atom is 0.0448 e. The molecule has 2 heterocycles. The highest BCUT2D eigenvalue weighted by Crippen LogP contribution is 2.35. The van der Waals surface area contributed by atoms with Crippen LogP contribution in [0.5, 0.6) is 0 Å². The number of rotatable bonds is 6. The first kappa shape index (κ1) is 15.5. The van der Waals surface area contributed by atoms with Crippen molar-refractivity contribution in [3.05, 3.63) is 24.4 Å². The van der Waals surface area contributed by atoms with Gasteiger partial charge in [-0.2, -0.15) is 0 Å². The molecule has 2 rings (SSSR count). The van der Waals surface area contributed by atoms with E-state index in [0.717, 1.165) is 6.54 Å². The summed E-state index contributed by atoms with van der Waals surface area (Å²) in [6.45, 7) is 16.0. The average molecular weight is 275 g/mol. The first-order chi connectivity index (χ1) is 9.70. The van der Waals surface area contributed by atoms with Crippen LogP contribution in [-0.2, 0) is 0 Å². The van der Waals surface area contributed by atoms with E-state index in [1.165, 1.54) is 63.9 Å². The minimum absolute atomic E-state index is 0.0960. The largest absolute Gasteiger partial charge is 0.302 e. The molecule has 2 fully saturated rings. The summed E-state index contributed by atoms with van der Waals surface area (Å²) in [4.78, 5) is 9.19. The Kier molecular flexibility index (Phi) is 5.55. The molecule has 0 aromatic heterocycles. The topological polar surface area (TPSA) is 18.8 Å². The molecule has 0 aromatic rings. The lowest BCUT2D eigenvalue weighted by Crippen LogP contribution is -2.46. The fourth-order valence-corrected chi connectivity index (χ4v) is 3.66. The quantitative estimate of drug-likeness (QED) is 0.548. The highest BCUT2D eigenvalue weighted by molar-refractivity contribution is 5.34. The molecule has 3 nitrogen and oxygen atoms in total. The Morgan fingerprint density at radius 2 is 1.90 bits per heavy atom. The Morgan fingerprint density at radius 1 is 1.15 bits per heavy atom. The van der Waals surface area contributed by atoms with Gasteiger partial charge < -0.3 is 4.90 Å². The molecule has 0 aromatic carbocycles. The van der Waals surface area contributed by atoms with Crippen LogP contribution in [0.4, 0.5) is 0 Å². The summed E-state index contributed by atoms with van der Waals surface area (Å²) >= 11 is 0. The second-order valence-electron chi connectivity index (χ2n) is 6.24. The van der Waals surface area contributed by atoms with Crippen molar-refractivity contribution in [1.29, 1.82) is 0 Å². The Hall–Kier alpha value is -0.930. The summed E-state index contributed by atoms with van der Waals surface area (Å²) in [7, 11) is 0. The fraction of sp³-hybridized carbons (Fsp3) is 0.706. The van der Waals surface area contributed by atoms with Gasteiger partial charge in [0.25, 0.3) is 0 Å². The van der Waals surface area contributed by atoms with Crippen molar-refractivity contribution in [2.24, 2.45) is 4.99 Å². The fourth-order valence-electron chi connectivity index (χ4n) is 3.66. The first-order valence-electron chi connectivity index (χ1n) is 7.97. The van der Waals surface area contributed by atoms with Crippen molar-refractivity contribution in [3.8, 4) is 0 Å². The predicted octanol–water partition coefficient (Wildman–Crippen LogP) is 3.10. The van der Waals surface area contributed by atoms with Gasteiger partial charge in [0.1, 0.15) is 0 Å². The molecule has 0 amide bonds. The van der Waals surface area contributed by atoms with Gasteiger partial charge in [0.15, 0.2) is 0 Å². The molecule has 0 saturated carbocycles. The summed E-state index contributed by atoms with van der Waals surface area (Å²) in [5, 5.41) is 0. The predicted molar refractivity (Wildman–Crippen MR) is 87.3 cm³/mol. The maximum absolute atomic E-state index is 3.96. The average Bonchev–Trinajstić information content (AvgIpc) is 2.85. The van der Waals surface area contributed by atoms with Crippen molar-refractivity contribution in [2.45, 2.75) is 44.6 Å². The van der Waals surface area contributed by atoms with E-state index < -0.39 is 0 Å². The molecule has 0 bridgehead atoms. The zero-order valence-corrected chi connectivity index (χ0v) is 13.0. The smallest absolute Gasteiger partial charge is 0.0448 e. The Balaban J connectivity index is 1.97. The van der Waals surface area contributed by atoms with E-state index in [9.17, 15) is 0 Å². The van der Waals surface area contributed by atoms with Crippen LogP contribution in [-0.4, -0.2) is 54.8 Å². The Bertz CT molecular complexity index is 368. The summed E-state index contributed by atoms with van der Waals surface area (Å²) < 4.78 is 0. The van der Waals surface area contributed by atoms with Crippen molar-refractivity contribution in [3.63, 3.8) is 0 Å². The third-order valence-electron chi connectivity index (χ3n) is 5.00. The van der Waals surface area contributed by atoms with E-state index in [-0.39, 0.29) is 5.54 Å². The molecule has 2 saturated heterocycles. The van der Waals surface area contributed by atoms with Crippen LogP contribution in [0, 0.1) is 0 Å². The number of piperidine rings is 1. The zero-order chi connectivity index (χ0) is 14.4. The van der Waals surface area contributed by atoms with Crippen LogP contribution in [0.3, 0.4) is 0 Å². The highest BCUT2D eigenvalue weighted by atomic mass is 15.2. The molecule has 0 radical (unpaired) electrons. The third-order valence-corrected chi connectivity index (χ3v) is 5.00. The minimum Gasteiger partial charge on any atom is -0.302 e. The lowest BCUT2D eigenvalue weighted by Gasteiger charge is -2.38. The zero-order valence-electron chi connectivity index (χ0n) is 13.0. The Morgan fingerprint density at radius 3 is 2.55 bits per heavy atom. The molecule has 1 unspecified atom stereocenters. The van der Waals surface area contributed by atoms with E-state index in [0.29, 0.717) is 0 Å². The standard InChI is InChI=1S/C17H29N3/c1-4-16(15-18-3)17(2)9-8-12-20(17)14-13-19-10-6-5-7-11-19/h4,15H,1,3,5-14H2,2H3/b16-15+. The van der Waals surface area contributed by atoms with Crippen LogP contribution in [0.2, 0.25) is 0 Å². The van der Waals surface area contributed by atoms with Crippen molar-refractivity contribution < 1.29 is 0 Å². The van der Waals surface area contributed by atoms with Crippen molar-refractivity contribution in [1.82, 2.24) is 9.80 Å². The van der Waals surface area contributed by atoms with Crippen LogP contribution in [0.1, 0.15) is 39.0 Å². The normalized spacial score (nSPS) is 29.6. The van der Waals surface area contributed by atoms with E-state index in [1.807, 2.05) is 12.3 Å². The highest BCUT2D eigenvalue weighted by Gasteiger charge is 2.38. The molecule has 3 heteroatoms. The molecule has 1 atom stereocenters. The van der Waals surface area contributed by atoms with E-state index in [1.54, 1.807) is 0 Å². The molecule has 2 aliphatic heterocycles. The Labute approximate surface area is 124 Å². The van der Waals surface area contributed by atoms with E-state index in [4.69, 9.17) is 0 Å². The van der Waals surface area contributed by atoms with Gasteiger partial charge in [-0.1, -0.05) is 19.1 Å². The van der Waals surface area contributed by atoms with Gasteiger partial charge in [-0.3, -0.25) is 9.89 Å². The van der Waals surface area contributed by atoms with Gasteiger partial charge in [0.2, 0.25) is 0 Å². The van der Waals surface area contributed by atoms with Gasteiger partial charge in [0.05, 0.1) is 0 Å². The molecule has 0 spiro atoms. The van der Waals surface area contributed by atoms with Gasteiger partial charge in [0, 0.05) is 24.8 Å². The van der Waals surface area contributed by atoms with Crippen LogP contribution >= 0.6 is 0 Å². The number of hydrogen-bond acceptors (Lipinski definition) is 3. The lowest BCUT2D eigenvalue weighted by atomic mass is 9.89. The van der Waals surface area contributed by atoms with Crippen LogP contribution in [0.25, 0.3) is 0 Å². The number of aliphatic imine (C=N–C) groups is 1. The number of nitrogens with zero attached hydrogens (tertiary/aromatic N) is 3. The monoisotopic (exact) mass is 275 g/mol. The molecule has 112 valence electrons. The first-order valence-corrected chi connectivity index (χ1v) is 7.97. The molecule has 2 aliphatic rings. The molecule has 0 N–H and O–H groups in total. The maximum atomic E-state index is 3.96. The minimum atomic E-state index is 0.0960. The second-order valence-corrected chi connectivity index (χ2v) is 6.24. The third kappa shape index (κ3) is 3.39. The summed E-state index contributed by atoms with van der Waals surface area (Å²) in [5.74, 6) is 0. The summed E-state index contributed by atoms with van der Waals surface area (Å²) in [6.07, 6.45) is 10.4. The lowest BCUT2D eigenvalue weighted by molar-refractivity contribution is 0.146. The van der Waals surface area contributed by atoms with Crippen LogP contribution < -0.4 is 0 Å². The molecule has 0 aliphatic carbocycles. The van der Waals surface area contributed by atoms with Gasteiger partial charge in [-0.15, -0.1) is 0 Å². The number of likely N-dealkylation sites (tertiary alicyclic amines) is 2. The van der Waals surface area contributed by atoms with Gasteiger partial charge in [-0.05, 0) is 64.5 Å². The van der Waals surface area contributed by atoms with Crippen molar-refractivity contribution >= 4 is 6.72 Å². The molecular formula is C17H29N3. The van der Waals surface area contributed by atoms with E-state index >= 15 is 0 Å². The molecule has 20 heavy (non-hydrogen) atoms. The number of hydrogen-bond donors (Lipinski definition) is 0.